The molecule has 3 aromatic carbocycles. The Kier molecular flexibility index (Phi) is 5.49. The molecule has 3 nitrogen and oxygen atoms in total. The van der Waals surface area contributed by atoms with Crippen molar-refractivity contribution in [3.05, 3.63) is 107 Å². The van der Waals surface area contributed by atoms with Crippen molar-refractivity contribution >= 4 is 5.91 Å². The number of rotatable bonds is 7. The second-order valence-corrected chi connectivity index (χ2v) is 7.21. The van der Waals surface area contributed by atoms with Crippen LogP contribution in [0.25, 0.3) is 0 Å². The van der Waals surface area contributed by atoms with E-state index in [4.69, 9.17) is 0 Å². The summed E-state index contributed by atoms with van der Waals surface area (Å²) in [5, 5.41) is 6.36. The van der Waals surface area contributed by atoms with E-state index < -0.39 is 0 Å². The highest BCUT2D eigenvalue weighted by Gasteiger charge is 2.37. The first-order valence-corrected chi connectivity index (χ1v) is 9.59. The number of hydrogen-bond acceptors (Lipinski definition) is 2. The number of amides is 1. The summed E-state index contributed by atoms with van der Waals surface area (Å²) in [4.78, 5) is 12.3. The summed E-state index contributed by atoms with van der Waals surface area (Å²) in [6.45, 7) is 1.06. The Balaban J connectivity index is 1.28. The molecule has 0 unspecified atom stereocenters. The molecule has 0 radical (unpaired) electrons. The Morgan fingerprint density at radius 1 is 0.893 bits per heavy atom. The van der Waals surface area contributed by atoms with Crippen molar-refractivity contribution in [2.45, 2.75) is 31.5 Å². The molecule has 4 rings (SSSR count). The molecule has 2 N–H and O–H groups in total. The predicted octanol–water partition coefficient (Wildman–Crippen LogP) is 4.40. The topological polar surface area (TPSA) is 41.1 Å². The van der Waals surface area contributed by atoms with Crippen LogP contribution in [0.1, 0.15) is 39.4 Å². The van der Waals surface area contributed by atoms with Gasteiger partial charge in [-0.3, -0.25) is 4.79 Å². The molecule has 1 amide bonds. The third kappa shape index (κ3) is 4.46. The van der Waals surface area contributed by atoms with Crippen LogP contribution in [0.3, 0.4) is 0 Å². The van der Waals surface area contributed by atoms with E-state index >= 15 is 0 Å². The predicted molar refractivity (Wildman–Crippen MR) is 108 cm³/mol. The SMILES string of the molecule is O=C(NCc1ccccc1)c1ccc([C@@H]2C[C@H]2NCc2ccccc2F)cc1. The van der Waals surface area contributed by atoms with E-state index in [1.165, 1.54) is 11.6 Å². The highest BCUT2D eigenvalue weighted by Crippen LogP contribution is 2.41. The summed E-state index contributed by atoms with van der Waals surface area (Å²) >= 11 is 0. The lowest BCUT2D eigenvalue weighted by Crippen LogP contribution is -2.22. The Hall–Kier alpha value is -2.98. The second-order valence-electron chi connectivity index (χ2n) is 7.21. The van der Waals surface area contributed by atoms with Crippen molar-refractivity contribution in [1.29, 1.82) is 0 Å². The van der Waals surface area contributed by atoms with Crippen molar-refractivity contribution < 1.29 is 9.18 Å². The first kappa shape index (κ1) is 18.4. The van der Waals surface area contributed by atoms with E-state index in [9.17, 15) is 9.18 Å². The van der Waals surface area contributed by atoms with E-state index in [1.807, 2.05) is 66.7 Å². The van der Waals surface area contributed by atoms with Gasteiger partial charge in [-0.1, -0.05) is 60.7 Å². The molecule has 4 heteroatoms. The third-order valence-electron chi connectivity index (χ3n) is 5.20. The monoisotopic (exact) mass is 374 g/mol. The summed E-state index contributed by atoms with van der Waals surface area (Å²) in [6.07, 6.45) is 1.04. The van der Waals surface area contributed by atoms with Gasteiger partial charge in [0.25, 0.3) is 5.91 Å². The Morgan fingerprint density at radius 2 is 1.61 bits per heavy atom. The highest BCUT2D eigenvalue weighted by molar-refractivity contribution is 5.94. The van der Waals surface area contributed by atoms with Gasteiger partial charge in [0, 0.05) is 36.2 Å². The second kappa shape index (κ2) is 8.36. The molecule has 1 fully saturated rings. The Labute approximate surface area is 164 Å². The van der Waals surface area contributed by atoms with E-state index in [2.05, 4.69) is 10.6 Å². The molecule has 142 valence electrons. The highest BCUT2D eigenvalue weighted by atomic mass is 19.1. The minimum absolute atomic E-state index is 0.0690. The normalized spacial score (nSPS) is 17.9. The summed E-state index contributed by atoms with van der Waals surface area (Å²) in [7, 11) is 0. The van der Waals surface area contributed by atoms with Gasteiger partial charge in [-0.25, -0.2) is 4.39 Å². The number of carbonyl (C=O) groups is 1. The van der Waals surface area contributed by atoms with E-state index in [1.54, 1.807) is 6.07 Å². The van der Waals surface area contributed by atoms with Gasteiger partial charge in [-0.2, -0.15) is 0 Å². The minimum Gasteiger partial charge on any atom is -0.348 e. The maximum atomic E-state index is 13.7. The molecule has 0 bridgehead atoms. The first-order valence-electron chi connectivity index (χ1n) is 9.59. The van der Waals surface area contributed by atoms with Gasteiger partial charge in [-0.15, -0.1) is 0 Å². The van der Waals surface area contributed by atoms with Crippen LogP contribution >= 0.6 is 0 Å². The Bertz CT molecular complexity index is 940. The largest absolute Gasteiger partial charge is 0.348 e. The number of nitrogens with one attached hydrogen (secondary N) is 2. The fourth-order valence-electron chi connectivity index (χ4n) is 3.43. The van der Waals surface area contributed by atoms with Gasteiger partial charge in [-0.05, 0) is 35.7 Å². The average molecular weight is 374 g/mol. The summed E-state index contributed by atoms with van der Waals surface area (Å²) in [5.74, 6) is 0.187. The molecule has 0 aromatic heterocycles. The molecule has 28 heavy (non-hydrogen) atoms. The lowest BCUT2D eigenvalue weighted by atomic mass is 10.1. The maximum absolute atomic E-state index is 13.7. The maximum Gasteiger partial charge on any atom is 0.251 e. The standard InChI is InChI=1S/C24H23FN2O/c25-22-9-5-4-8-20(22)16-26-23-14-21(23)18-10-12-19(13-11-18)24(28)27-15-17-6-2-1-3-7-17/h1-13,21,23,26H,14-16H2,(H,27,28)/t21-,23+/m0/s1. The van der Waals surface area contributed by atoms with Crippen LogP contribution in [-0.2, 0) is 13.1 Å². The zero-order valence-corrected chi connectivity index (χ0v) is 15.6. The van der Waals surface area contributed by atoms with Crippen LogP contribution < -0.4 is 10.6 Å². The third-order valence-corrected chi connectivity index (χ3v) is 5.20. The molecule has 1 aliphatic carbocycles. The van der Waals surface area contributed by atoms with Gasteiger partial charge in [0.1, 0.15) is 5.82 Å². The molecule has 2 atom stereocenters. The number of halogens is 1. The fourth-order valence-corrected chi connectivity index (χ4v) is 3.43. The van der Waals surface area contributed by atoms with E-state index in [0.29, 0.717) is 36.2 Å². The van der Waals surface area contributed by atoms with E-state index in [0.717, 1.165) is 12.0 Å². The molecule has 1 aliphatic rings. The summed E-state index contributed by atoms with van der Waals surface area (Å²) in [6, 6.07) is 24.9. The quantitative estimate of drug-likeness (QED) is 0.644. The molecule has 3 aromatic rings. The van der Waals surface area contributed by atoms with Gasteiger partial charge >= 0.3 is 0 Å². The van der Waals surface area contributed by atoms with Gasteiger partial charge in [0.05, 0.1) is 0 Å². The molecule has 0 spiro atoms. The average Bonchev–Trinajstić information content (AvgIpc) is 3.52. The number of hydrogen-bond donors (Lipinski definition) is 2. The van der Waals surface area contributed by atoms with Crippen molar-refractivity contribution in [2.24, 2.45) is 0 Å². The van der Waals surface area contributed by atoms with Crippen molar-refractivity contribution in [2.75, 3.05) is 0 Å². The van der Waals surface area contributed by atoms with Crippen LogP contribution in [0.4, 0.5) is 4.39 Å². The van der Waals surface area contributed by atoms with Crippen molar-refractivity contribution in [1.82, 2.24) is 10.6 Å². The molecule has 0 saturated heterocycles. The van der Waals surface area contributed by atoms with Crippen molar-refractivity contribution in [3.8, 4) is 0 Å². The molecule has 0 aliphatic heterocycles. The smallest absolute Gasteiger partial charge is 0.251 e. The Morgan fingerprint density at radius 3 is 2.36 bits per heavy atom. The minimum atomic E-state index is -0.168. The van der Waals surface area contributed by atoms with Crippen LogP contribution in [0.5, 0.6) is 0 Å². The number of benzene rings is 3. The molecular formula is C24H23FN2O. The lowest BCUT2D eigenvalue weighted by Gasteiger charge is -2.08. The fraction of sp³-hybridized carbons (Fsp3) is 0.208. The van der Waals surface area contributed by atoms with Crippen LogP contribution in [0.2, 0.25) is 0 Å². The van der Waals surface area contributed by atoms with Crippen LogP contribution in [0.15, 0.2) is 78.9 Å². The molecule has 0 heterocycles. The van der Waals surface area contributed by atoms with E-state index in [-0.39, 0.29) is 11.7 Å². The molecule has 1 saturated carbocycles. The lowest BCUT2D eigenvalue weighted by molar-refractivity contribution is 0.0951. The van der Waals surface area contributed by atoms with Crippen molar-refractivity contribution in [3.63, 3.8) is 0 Å². The van der Waals surface area contributed by atoms with Gasteiger partial charge in [0.2, 0.25) is 0 Å². The first-order chi connectivity index (χ1) is 13.7. The summed E-state index contributed by atoms with van der Waals surface area (Å²) in [5.41, 5.74) is 3.65. The summed E-state index contributed by atoms with van der Waals surface area (Å²) < 4.78 is 13.7. The van der Waals surface area contributed by atoms with Gasteiger partial charge < -0.3 is 10.6 Å². The zero-order valence-electron chi connectivity index (χ0n) is 15.6. The zero-order chi connectivity index (χ0) is 19.3. The van der Waals surface area contributed by atoms with Crippen LogP contribution in [0, 0.1) is 5.82 Å². The van der Waals surface area contributed by atoms with Crippen LogP contribution in [-0.4, -0.2) is 11.9 Å². The molecular weight excluding hydrogens is 351 g/mol. The number of carbonyl (C=O) groups excluding carboxylic acids is 1. The van der Waals surface area contributed by atoms with Gasteiger partial charge in [0.15, 0.2) is 0 Å².